The van der Waals surface area contributed by atoms with Crippen LogP contribution in [0.25, 0.3) is 39.5 Å². The topological polar surface area (TPSA) is 93.2 Å². The molecule has 43 heavy (non-hydrogen) atoms. The second kappa shape index (κ2) is 11.7. The molecule has 8 heteroatoms. The van der Waals surface area contributed by atoms with Crippen LogP contribution in [0.1, 0.15) is 26.3 Å². The molecule has 0 unspecified atom stereocenters. The van der Waals surface area contributed by atoms with E-state index in [4.69, 9.17) is 15.7 Å². The smallest absolute Gasteiger partial charge is 0.298 e. The van der Waals surface area contributed by atoms with E-state index in [9.17, 15) is 4.79 Å². The number of rotatable bonds is 5. The van der Waals surface area contributed by atoms with Crippen molar-refractivity contribution >= 4 is 22.9 Å². The molecule has 2 aliphatic heterocycles. The van der Waals surface area contributed by atoms with Crippen molar-refractivity contribution in [2.75, 3.05) is 31.9 Å². The SMILES string of the molecule is CC.CC#CC(=O)N1CC2(CN(Cc3ccc(-n4c(-c5cccnc5N)nc5ccc(-c6ccccc6)nc54)cc3)C2)C1. The summed E-state index contributed by atoms with van der Waals surface area (Å²) < 4.78 is 2.07. The standard InChI is InChI=1S/C33H29N7O.C2H6/c1-2-7-29(41)39-21-33(22-39)19-38(20-33)18-23-11-13-25(14-12-23)40-31(26-10-6-17-35-30(26)34)37-28-16-15-27(36-32(28)40)24-8-4-3-5-9-24;1-2/h3-6,8-17H,18-22H2,1H3,(H2,34,35);1-2H3. The summed E-state index contributed by atoms with van der Waals surface area (Å²) in [5.41, 5.74) is 13.0. The van der Waals surface area contributed by atoms with Crippen molar-refractivity contribution in [3.63, 3.8) is 0 Å². The summed E-state index contributed by atoms with van der Waals surface area (Å²) >= 11 is 0. The molecule has 2 N–H and O–H groups in total. The third-order valence-corrected chi connectivity index (χ3v) is 7.94. The van der Waals surface area contributed by atoms with Crippen molar-refractivity contribution in [1.82, 2.24) is 29.3 Å². The second-order valence-corrected chi connectivity index (χ2v) is 11.0. The molecule has 3 aromatic heterocycles. The molecule has 0 atom stereocenters. The number of likely N-dealkylation sites (tertiary alicyclic amines) is 2. The molecule has 0 saturated carbocycles. The molecule has 216 valence electrons. The van der Waals surface area contributed by atoms with E-state index in [1.807, 2.05) is 61.2 Å². The van der Waals surface area contributed by atoms with Gasteiger partial charge in [0.15, 0.2) is 11.5 Å². The van der Waals surface area contributed by atoms with Gasteiger partial charge in [-0.1, -0.05) is 62.2 Å². The predicted molar refractivity (Wildman–Crippen MR) is 171 cm³/mol. The lowest BCUT2D eigenvalue weighted by Crippen LogP contribution is -2.72. The lowest BCUT2D eigenvalue weighted by atomic mass is 9.72. The lowest BCUT2D eigenvalue weighted by Gasteiger charge is -2.60. The number of imidazole rings is 1. The first-order chi connectivity index (χ1) is 21.0. The number of nitrogen functional groups attached to an aromatic ring is 1. The van der Waals surface area contributed by atoms with Gasteiger partial charge >= 0.3 is 0 Å². The fraction of sp³-hybridized carbons (Fsp3) is 0.257. The van der Waals surface area contributed by atoms with Gasteiger partial charge in [0.2, 0.25) is 0 Å². The lowest BCUT2D eigenvalue weighted by molar-refractivity contribution is -0.154. The monoisotopic (exact) mass is 569 g/mol. The maximum absolute atomic E-state index is 12.0. The van der Waals surface area contributed by atoms with Crippen molar-refractivity contribution in [2.24, 2.45) is 5.41 Å². The Morgan fingerprint density at radius 2 is 1.65 bits per heavy atom. The number of fused-ring (bicyclic) bond motifs is 1. The van der Waals surface area contributed by atoms with Crippen LogP contribution in [0.15, 0.2) is 85.1 Å². The Morgan fingerprint density at radius 1 is 0.907 bits per heavy atom. The summed E-state index contributed by atoms with van der Waals surface area (Å²) in [4.78, 5) is 30.6. The molecule has 1 spiro atoms. The number of hydrogen-bond acceptors (Lipinski definition) is 6. The highest BCUT2D eigenvalue weighted by atomic mass is 16.2. The zero-order valence-corrected chi connectivity index (χ0v) is 24.8. The summed E-state index contributed by atoms with van der Waals surface area (Å²) in [7, 11) is 0. The van der Waals surface area contributed by atoms with Gasteiger partial charge in [-0.2, -0.15) is 0 Å². The third kappa shape index (κ3) is 5.36. The van der Waals surface area contributed by atoms with E-state index in [1.54, 1.807) is 13.1 Å². The van der Waals surface area contributed by atoms with Gasteiger partial charge in [-0.25, -0.2) is 15.0 Å². The number of amides is 1. The van der Waals surface area contributed by atoms with Gasteiger partial charge in [-0.05, 0) is 54.8 Å². The van der Waals surface area contributed by atoms with Gasteiger partial charge in [-0.3, -0.25) is 14.3 Å². The van der Waals surface area contributed by atoms with Gasteiger partial charge in [0, 0.05) is 55.6 Å². The maximum Gasteiger partial charge on any atom is 0.298 e. The van der Waals surface area contributed by atoms with Crippen molar-refractivity contribution in [3.8, 4) is 40.2 Å². The van der Waals surface area contributed by atoms with Crippen molar-refractivity contribution < 1.29 is 4.79 Å². The Kier molecular flexibility index (Phi) is 7.66. The van der Waals surface area contributed by atoms with Gasteiger partial charge in [-0.15, -0.1) is 0 Å². The molecule has 2 saturated heterocycles. The van der Waals surface area contributed by atoms with E-state index in [0.29, 0.717) is 11.6 Å². The second-order valence-electron chi connectivity index (χ2n) is 11.0. The first kappa shape index (κ1) is 28.1. The fourth-order valence-electron chi connectivity index (χ4n) is 6.07. The van der Waals surface area contributed by atoms with Crippen molar-refractivity contribution in [3.05, 3.63) is 90.6 Å². The quantitative estimate of drug-likeness (QED) is 0.284. The molecule has 2 aliphatic rings. The Morgan fingerprint density at radius 3 is 2.35 bits per heavy atom. The zero-order chi connectivity index (χ0) is 30.0. The number of benzene rings is 2. The van der Waals surface area contributed by atoms with Crippen LogP contribution < -0.4 is 5.73 Å². The van der Waals surface area contributed by atoms with Crippen LogP contribution >= 0.6 is 0 Å². The van der Waals surface area contributed by atoms with Crippen molar-refractivity contribution in [2.45, 2.75) is 27.3 Å². The molecule has 0 bridgehead atoms. The number of pyridine rings is 2. The average Bonchev–Trinajstić information content (AvgIpc) is 3.38. The van der Waals surface area contributed by atoms with E-state index in [-0.39, 0.29) is 11.3 Å². The molecule has 0 radical (unpaired) electrons. The number of anilines is 1. The number of aromatic nitrogens is 4. The largest absolute Gasteiger partial charge is 0.383 e. The highest BCUT2D eigenvalue weighted by Crippen LogP contribution is 2.40. The van der Waals surface area contributed by atoms with E-state index in [1.165, 1.54) is 5.56 Å². The molecule has 7 rings (SSSR count). The number of carbonyl (C=O) groups excluding carboxylic acids is 1. The number of carbonyl (C=O) groups is 1. The minimum absolute atomic E-state index is 0.0584. The summed E-state index contributed by atoms with van der Waals surface area (Å²) in [5, 5.41) is 0. The molecule has 2 fully saturated rings. The number of nitrogens with two attached hydrogens (primary N) is 1. The molecular weight excluding hydrogens is 534 g/mol. The van der Waals surface area contributed by atoms with Crippen LogP contribution in [-0.4, -0.2) is 61.4 Å². The summed E-state index contributed by atoms with van der Waals surface area (Å²) in [6, 6.07) is 26.5. The number of hydrogen-bond donors (Lipinski definition) is 1. The van der Waals surface area contributed by atoms with Crippen LogP contribution in [0.5, 0.6) is 0 Å². The number of nitrogens with zero attached hydrogens (tertiary/aromatic N) is 6. The molecule has 5 aromatic rings. The van der Waals surface area contributed by atoms with Crippen LogP contribution in [0.4, 0.5) is 5.82 Å². The Hall–Kier alpha value is -5.00. The zero-order valence-electron chi connectivity index (χ0n) is 24.8. The molecular formula is C35H35N7O. The van der Waals surface area contributed by atoms with Gasteiger partial charge in [0.05, 0.1) is 11.3 Å². The minimum Gasteiger partial charge on any atom is -0.383 e. The normalized spacial score (nSPS) is 15.1. The van der Waals surface area contributed by atoms with Gasteiger partial charge in [0.1, 0.15) is 11.3 Å². The van der Waals surface area contributed by atoms with Gasteiger partial charge < -0.3 is 10.6 Å². The maximum atomic E-state index is 12.0. The predicted octanol–water partition coefficient (Wildman–Crippen LogP) is 5.43. The molecule has 2 aromatic carbocycles. The average molecular weight is 570 g/mol. The Labute approximate surface area is 252 Å². The first-order valence-corrected chi connectivity index (χ1v) is 14.7. The Bertz CT molecular complexity index is 1820. The molecule has 8 nitrogen and oxygen atoms in total. The fourth-order valence-corrected chi connectivity index (χ4v) is 6.07. The van der Waals surface area contributed by atoms with E-state index in [0.717, 1.165) is 66.4 Å². The highest BCUT2D eigenvalue weighted by molar-refractivity contribution is 5.94. The third-order valence-electron chi connectivity index (χ3n) is 7.94. The van der Waals surface area contributed by atoms with E-state index in [2.05, 4.69) is 62.7 Å². The highest BCUT2D eigenvalue weighted by Gasteiger charge is 2.52. The van der Waals surface area contributed by atoms with Gasteiger partial charge in [0.25, 0.3) is 5.91 Å². The first-order valence-electron chi connectivity index (χ1n) is 14.7. The summed E-state index contributed by atoms with van der Waals surface area (Å²) in [5.74, 6) is 6.42. The van der Waals surface area contributed by atoms with Crippen molar-refractivity contribution in [1.29, 1.82) is 0 Å². The molecule has 5 heterocycles. The van der Waals surface area contributed by atoms with E-state index < -0.39 is 0 Å². The Balaban J connectivity index is 0.00000161. The summed E-state index contributed by atoms with van der Waals surface area (Å²) in [6.07, 6.45) is 1.69. The van der Waals surface area contributed by atoms with E-state index >= 15 is 0 Å². The van der Waals surface area contributed by atoms with Crippen LogP contribution in [-0.2, 0) is 11.3 Å². The van der Waals surface area contributed by atoms with Crippen LogP contribution in [0.2, 0.25) is 0 Å². The molecule has 1 amide bonds. The minimum atomic E-state index is -0.0584. The molecule has 0 aliphatic carbocycles. The summed E-state index contributed by atoms with van der Waals surface area (Å²) in [6.45, 7) is 10.2. The van der Waals surface area contributed by atoms with Crippen LogP contribution in [0, 0.1) is 17.3 Å². The van der Waals surface area contributed by atoms with Crippen LogP contribution in [0.3, 0.4) is 0 Å².